The molecule has 1 aromatic carbocycles. The average Bonchev–Trinajstić information content (AvgIpc) is 2.79. The van der Waals surface area contributed by atoms with Gasteiger partial charge in [-0.2, -0.15) is 0 Å². The first-order valence-corrected chi connectivity index (χ1v) is 8.60. The van der Waals surface area contributed by atoms with Gasteiger partial charge in [-0.25, -0.2) is 13.4 Å². The molecule has 1 aromatic heterocycles. The summed E-state index contributed by atoms with van der Waals surface area (Å²) < 4.78 is 27.4. The number of thiazole rings is 1. The Morgan fingerprint density at radius 1 is 1.25 bits per heavy atom. The minimum absolute atomic E-state index is 0.0981. The van der Waals surface area contributed by atoms with Crippen molar-refractivity contribution in [2.75, 3.05) is 4.72 Å². The number of aryl methyl sites for hydroxylation is 1. The normalized spacial score (nSPS) is 12.4. The summed E-state index contributed by atoms with van der Waals surface area (Å²) in [5.74, 6) is 0. The third kappa shape index (κ3) is 3.19. The lowest BCUT2D eigenvalue weighted by Crippen LogP contribution is -2.17. The summed E-state index contributed by atoms with van der Waals surface area (Å²) in [6.45, 7) is 7.97. The number of nitrogens with zero attached hydrogens (tertiary/aromatic N) is 1. The first-order valence-electron chi connectivity index (χ1n) is 6.23. The number of nitrogens with one attached hydrogen (secondary N) is 1. The van der Waals surface area contributed by atoms with E-state index in [2.05, 4.69) is 30.5 Å². The number of rotatable bonds is 3. The number of anilines is 1. The quantitative estimate of drug-likeness (QED) is 0.943. The van der Waals surface area contributed by atoms with Gasteiger partial charge in [0.05, 0.1) is 4.90 Å². The molecule has 0 unspecified atom stereocenters. The molecular weight excluding hydrogens is 292 g/mol. The molecule has 0 fully saturated rings. The summed E-state index contributed by atoms with van der Waals surface area (Å²) in [6, 6.07) is 5.56. The minimum Gasteiger partial charge on any atom is -0.255 e. The Hall–Kier alpha value is -1.40. The van der Waals surface area contributed by atoms with Gasteiger partial charge >= 0.3 is 0 Å². The molecule has 0 amide bonds. The van der Waals surface area contributed by atoms with Crippen molar-refractivity contribution < 1.29 is 8.42 Å². The highest BCUT2D eigenvalue weighted by atomic mass is 32.2. The van der Waals surface area contributed by atoms with Gasteiger partial charge in [-0.1, -0.05) is 32.9 Å². The molecule has 0 atom stereocenters. The standard InChI is InChI=1S/C14H18N2O2S2/c1-10-5-6-11(14(2,3)4)9-12(10)20(17,18)16-13-15-7-8-19-13/h5-9H,1-4H3,(H,15,16). The molecule has 0 saturated heterocycles. The van der Waals surface area contributed by atoms with Crippen molar-refractivity contribution in [3.63, 3.8) is 0 Å². The Labute approximate surface area is 123 Å². The second-order valence-corrected chi connectivity index (χ2v) is 8.22. The highest BCUT2D eigenvalue weighted by Gasteiger charge is 2.22. The second-order valence-electron chi connectivity index (χ2n) is 5.67. The molecule has 4 nitrogen and oxygen atoms in total. The third-order valence-electron chi connectivity index (χ3n) is 3.00. The van der Waals surface area contributed by atoms with E-state index in [9.17, 15) is 8.42 Å². The van der Waals surface area contributed by atoms with E-state index in [1.807, 2.05) is 12.1 Å². The van der Waals surface area contributed by atoms with Crippen LogP contribution in [-0.4, -0.2) is 13.4 Å². The molecule has 0 aliphatic rings. The lowest BCUT2D eigenvalue weighted by atomic mass is 9.87. The SMILES string of the molecule is Cc1ccc(C(C)(C)C)cc1S(=O)(=O)Nc1nccs1. The Kier molecular flexibility index (Phi) is 3.88. The molecule has 2 aromatic rings. The molecule has 6 heteroatoms. The van der Waals surface area contributed by atoms with Crippen LogP contribution in [0.15, 0.2) is 34.7 Å². The van der Waals surface area contributed by atoms with Gasteiger partial charge in [-0.05, 0) is 29.5 Å². The van der Waals surface area contributed by atoms with Gasteiger partial charge in [0.15, 0.2) is 5.13 Å². The molecule has 2 rings (SSSR count). The summed E-state index contributed by atoms with van der Waals surface area (Å²) in [5.41, 5.74) is 1.61. The van der Waals surface area contributed by atoms with Crippen LogP contribution in [0.3, 0.4) is 0 Å². The Morgan fingerprint density at radius 3 is 2.50 bits per heavy atom. The van der Waals surface area contributed by atoms with Gasteiger partial charge in [-0.15, -0.1) is 11.3 Å². The van der Waals surface area contributed by atoms with Gasteiger partial charge in [0.2, 0.25) is 0 Å². The zero-order chi connectivity index (χ0) is 15.0. The zero-order valence-electron chi connectivity index (χ0n) is 12.0. The van der Waals surface area contributed by atoms with E-state index in [0.717, 1.165) is 11.1 Å². The number of hydrogen-bond acceptors (Lipinski definition) is 4. The molecule has 20 heavy (non-hydrogen) atoms. The van der Waals surface area contributed by atoms with Crippen LogP contribution < -0.4 is 4.72 Å². The molecule has 0 spiro atoms. The van der Waals surface area contributed by atoms with Crippen LogP contribution >= 0.6 is 11.3 Å². The Bertz CT molecular complexity index is 699. The molecule has 0 bridgehead atoms. The first kappa shape index (κ1) is 15.0. The van der Waals surface area contributed by atoms with Crippen molar-refractivity contribution in [2.24, 2.45) is 0 Å². The highest BCUT2D eigenvalue weighted by Crippen LogP contribution is 2.28. The molecule has 108 valence electrons. The number of sulfonamides is 1. The first-order chi connectivity index (χ1) is 9.20. The molecule has 0 radical (unpaired) electrons. The lowest BCUT2D eigenvalue weighted by molar-refractivity contribution is 0.584. The topological polar surface area (TPSA) is 59.1 Å². The summed E-state index contributed by atoms with van der Waals surface area (Å²) in [4.78, 5) is 4.26. The fourth-order valence-corrected chi connectivity index (χ4v) is 3.86. The van der Waals surface area contributed by atoms with Crippen LogP contribution in [-0.2, 0) is 15.4 Å². The predicted molar refractivity (Wildman–Crippen MR) is 82.8 cm³/mol. The molecule has 0 aliphatic carbocycles. The fraction of sp³-hybridized carbons (Fsp3) is 0.357. The maximum absolute atomic E-state index is 12.5. The second kappa shape index (κ2) is 5.18. The van der Waals surface area contributed by atoms with Crippen LogP contribution in [0.4, 0.5) is 5.13 Å². The lowest BCUT2D eigenvalue weighted by Gasteiger charge is -2.20. The van der Waals surface area contributed by atoms with E-state index < -0.39 is 10.0 Å². The Morgan fingerprint density at radius 2 is 1.95 bits per heavy atom. The largest absolute Gasteiger partial charge is 0.263 e. The van der Waals surface area contributed by atoms with Gasteiger partial charge in [0.1, 0.15) is 0 Å². The van der Waals surface area contributed by atoms with E-state index in [1.165, 1.54) is 11.3 Å². The van der Waals surface area contributed by atoms with Gasteiger partial charge < -0.3 is 0 Å². The van der Waals surface area contributed by atoms with Crippen molar-refractivity contribution >= 4 is 26.5 Å². The third-order valence-corrected chi connectivity index (χ3v) is 5.30. The maximum atomic E-state index is 12.5. The summed E-state index contributed by atoms with van der Waals surface area (Å²) >= 11 is 1.26. The van der Waals surface area contributed by atoms with Crippen LogP contribution in [0.1, 0.15) is 31.9 Å². The molecular formula is C14H18N2O2S2. The van der Waals surface area contributed by atoms with E-state index in [-0.39, 0.29) is 5.41 Å². The van der Waals surface area contributed by atoms with Crippen LogP contribution in [0.25, 0.3) is 0 Å². The van der Waals surface area contributed by atoms with Crippen LogP contribution in [0, 0.1) is 6.92 Å². The minimum atomic E-state index is -3.60. The number of hydrogen-bond donors (Lipinski definition) is 1. The van der Waals surface area contributed by atoms with Gasteiger partial charge in [0.25, 0.3) is 10.0 Å². The van der Waals surface area contributed by atoms with Crippen molar-refractivity contribution in [3.05, 3.63) is 40.9 Å². The molecule has 0 saturated carbocycles. The van der Waals surface area contributed by atoms with Crippen molar-refractivity contribution in [3.8, 4) is 0 Å². The van der Waals surface area contributed by atoms with Crippen LogP contribution in [0.5, 0.6) is 0 Å². The van der Waals surface area contributed by atoms with Gasteiger partial charge in [0, 0.05) is 11.6 Å². The molecule has 1 N–H and O–H groups in total. The summed E-state index contributed by atoms with van der Waals surface area (Å²) in [7, 11) is -3.60. The van der Waals surface area contributed by atoms with E-state index >= 15 is 0 Å². The molecule has 1 heterocycles. The smallest absolute Gasteiger partial charge is 0.255 e. The van der Waals surface area contributed by atoms with Crippen LogP contribution in [0.2, 0.25) is 0 Å². The molecule has 0 aliphatic heterocycles. The van der Waals surface area contributed by atoms with E-state index in [1.54, 1.807) is 24.6 Å². The van der Waals surface area contributed by atoms with Crippen molar-refractivity contribution in [1.82, 2.24) is 4.98 Å². The number of aromatic nitrogens is 1. The fourth-order valence-electron chi connectivity index (χ4n) is 1.80. The summed E-state index contributed by atoms with van der Waals surface area (Å²) in [6.07, 6.45) is 1.57. The van der Waals surface area contributed by atoms with Crippen molar-refractivity contribution in [2.45, 2.75) is 38.0 Å². The van der Waals surface area contributed by atoms with E-state index in [0.29, 0.717) is 10.0 Å². The van der Waals surface area contributed by atoms with Crippen molar-refractivity contribution in [1.29, 1.82) is 0 Å². The monoisotopic (exact) mass is 310 g/mol. The van der Waals surface area contributed by atoms with Gasteiger partial charge in [-0.3, -0.25) is 4.72 Å². The average molecular weight is 310 g/mol. The number of benzene rings is 1. The predicted octanol–water partition coefficient (Wildman–Crippen LogP) is 3.55. The maximum Gasteiger partial charge on any atom is 0.263 e. The summed E-state index contributed by atoms with van der Waals surface area (Å²) in [5, 5.41) is 2.11. The zero-order valence-corrected chi connectivity index (χ0v) is 13.6. The highest BCUT2D eigenvalue weighted by molar-refractivity contribution is 7.93. The Balaban J connectivity index is 2.46. The van der Waals surface area contributed by atoms with E-state index in [4.69, 9.17) is 0 Å².